The Kier molecular flexibility index (Phi) is 6.15. The van der Waals surface area contributed by atoms with Crippen molar-refractivity contribution in [2.75, 3.05) is 0 Å². The van der Waals surface area contributed by atoms with Crippen LogP contribution < -0.4 is 10.9 Å². The monoisotopic (exact) mass is 477 g/mol. The van der Waals surface area contributed by atoms with Crippen molar-refractivity contribution in [1.29, 1.82) is 0 Å². The molecule has 0 fully saturated rings. The quantitative estimate of drug-likeness (QED) is 0.355. The van der Waals surface area contributed by atoms with E-state index >= 15 is 0 Å². The maximum absolute atomic E-state index is 12.8. The molecule has 0 aliphatic carbocycles. The third kappa shape index (κ3) is 4.91. The first-order valence-corrected chi connectivity index (χ1v) is 11.2. The molecule has 2 aromatic heterocycles. The van der Waals surface area contributed by atoms with Crippen LogP contribution in [0.1, 0.15) is 43.0 Å². The minimum absolute atomic E-state index is 0.0285. The molecule has 0 bridgehead atoms. The largest absolute Gasteiger partial charge is 0.508 e. The number of aryl methyl sites for hydroxylation is 1. The molecule has 0 spiro atoms. The molecule has 0 saturated carbocycles. The standard InChI is InChI=1S/C27H27NO7/c1-14-17-10-19-20(27(2,3)4)13-34-22(19)12-23(17)35-26(33)18(14)11-24(30)28-21(25(31)32)9-15-5-7-16(29)8-6-15/h5-8,10,12-13,21,29H,9,11H2,1-4H3,(H,28,30)(H,31,32). The van der Waals surface area contributed by atoms with Crippen LogP contribution in [0.4, 0.5) is 0 Å². The van der Waals surface area contributed by atoms with Crippen molar-refractivity contribution in [1.82, 2.24) is 5.32 Å². The lowest BCUT2D eigenvalue weighted by atomic mass is 9.86. The number of carboxylic acid groups (broad SMARTS) is 1. The van der Waals surface area contributed by atoms with Gasteiger partial charge in [-0.05, 0) is 41.7 Å². The normalized spacial score (nSPS) is 12.7. The highest BCUT2D eigenvalue weighted by molar-refractivity contribution is 5.97. The fraction of sp³-hybridized carbons (Fsp3) is 0.296. The van der Waals surface area contributed by atoms with Gasteiger partial charge in [-0.15, -0.1) is 0 Å². The van der Waals surface area contributed by atoms with Gasteiger partial charge in [0.05, 0.1) is 18.2 Å². The summed E-state index contributed by atoms with van der Waals surface area (Å²) in [6, 6.07) is 8.45. The van der Waals surface area contributed by atoms with Gasteiger partial charge in [0.25, 0.3) is 0 Å². The first-order chi connectivity index (χ1) is 16.4. The Morgan fingerprint density at radius 1 is 1.06 bits per heavy atom. The fourth-order valence-electron chi connectivity index (χ4n) is 4.17. The third-order valence-electron chi connectivity index (χ3n) is 6.14. The number of phenols is 1. The van der Waals surface area contributed by atoms with Gasteiger partial charge in [-0.1, -0.05) is 32.9 Å². The minimum Gasteiger partial charge on any atom is -0.508 e. The van der Waals surface area contributed by atoms with E-state index in [1.165, 1.54) is 12.1 Å². The first kappa shape index (κ1) is 24.1. The van der Waals surface area contributed by atoms with E-state index in [4.69, 9.17) is 8.83 Å². The van der Waals surface area contributed by atoms with Gasteiger partial charge in [0.1, 0.15) is 23.0 Å². The lowest BCUT2D eigenvalue weighted by Gasteiger charge is -2.17. The molecule has 0 aliphatic heterocycles. The lowest BCUT2D eigenvalue weighted by molar-refractivity contribution is -0.141. The number of fused-ring (bicyclic) bond motifs is 2. The van der Waals surface area contributed by atoms with Crippen molar-refractivity contribution in [2.45, 2.75) is 52.0 Å². The van der Waals surface area contributed by atoms with Gasteiger partial charge in [0.15, 0.2) is 0 Å². The highest BCUT2D eigenvalue weighted by Crippen LogP contribution is 2.35. The molecule has 1 unspecified atom stereocenters. The molecule has 8 heteroatoms. The molecular formula is C27H27NO7. The van der Waals surface area contributed by atoms with E-state index in [-0.39, 0.29) is 29.6 Å². The zero-order chi connectivity index (χ0) is 25.5. The zero-order valence-electron chi connectivity index (χ0n) is 20.0. The van der Waals surface area contributed by atoms with E-state index in [0.717, 1.165) is 10.9 Å². The second kappa shape index (κ2) is 8.94. The summed E-state index contributed by atoms with van der Waals surface area (Å²) in [5.74, 6) is -1.75. The van der Waals surface area contributed by atoms with E-state index in [1.807, 2.05) is 6.07 Å². The number of benzene rings is 2. The number of phenolic OH excluding ortho intramolecular Hbond substituents is 1. The van der Waals surface area contributed by atoms with Gasteiger partial charge in [0, 0.05) is 28.8 Å². The van der Waals surface area contributed by atoms with Crippen LogP contribution in [0.15, 0.2) is 56.3 Å². The number of nitrogens with one attached hydrogen (secondary N) is 1. The number of amides is 1. The van der Waals surface area contributed by atoms with E-state index in [1.54, 1.807) is 31.4 Å². The van der Waals surface area contributed by atoms with Crippen LogP contribution in [0.5, 0.6) is 5.75 Å². The smallest absolute Gasteiger partial charge is 0.340 e. The molecule has 0 aliphatic rings. The molecule has 3 N–H and O–H groups in total. The highest BCUT2D eigenvalue weighted by atomic mass is 16.4. The molecule has 4 rings (SSSR count). The summed E-state index contributed by atoms with van der Waals surface area (Å²) < 4.78 is 11.2. The summed E-state index contributed by atoms with van der Waals surface area (Å²) in [5.41, 5.74) is 2.56. The number of carbonyl (C=O) groups excluding carboxylic acids is 1. The predicted molar refractivity (Wildman–Crippen MR) is 131 cm³/mol. The van der Waals surface area contributed by atoms with E-state index in [0.29, 0.717) is 27.7 Å². The summed E-state index contributed by atoms with van der Waals surface area (Å²) in [6.45, 7) is 7.97. The molecule has 2 heterocycles. The number of hydrogen-bond donors (Lipinski definition) is 3. The summed E-state index contributed by atoms with van der Waals surface area (Å²) in [6.07, 6.45) is 1.41. The second-order valence-electron chi connectivity index (χ2n) is 9.74. The van der Waals surface area contributed by atoms with E-state index in [2.05, 4.69) is 26.1 Å². The van der Waals surface area contributed by atoms with Crippen LogP contribution >= 0.6 is 0 Å². The van der Waals surface area contributed by atoms with Gasteiger partial charge in [0.2, 0.25) is 5.91 Å². The molecule has 8 nitrogen and oxygen atoms in total. The molecule has 0 saturated heterocycles. The van der Waals surface area contributed by atoms with Crippen LogP contribution in [0.25, 0.3) is 21.9 Å². The molecule has 1 amide bonds. The van der Waals surface area contributed by atoms with Gasteiger partial charge in [-0.3, -0.25) is 4.79 Å². The minimum atomic E-state index is -1.20. The molecule has 35 heavy (non-hydrogen) atoms. The van der Waals surface area contributed by atoms with Crippen molar-refractivity contribution in [2.24, 2.45) is 0 Å². The third-order valence-corrected chi connectivity index (χ3v) is 6.14. The van der Waals surface area contributed by atoms with E-state index < -0.39 is 23.5 Å². The van der Waals surface area contributed by atoms with Gasteiger partial charge in [-0.25, -0.2) is 9.59 Å². The van der Waals surface area contributed by atoms with Crippen LogP contribution in [-0.4, -0.2) is 28.1 Å². The summed E-state index contributed by atoms with van der Waals surface area (Å²) in [7, 11) is 0. The second-order valence-corrected chi connectivity index (χ2v) is 9.74. The zero-order valence-corrected chi connectivity index (χ0v) is 20.0. The Hall–Kier alpha value is -4.07. The predicted octanol–water partition coefficient (Wildman–Crippen LogP) is 4.21. The average Bonchev–Trinajstić information content (AvgIpc) is 3.20. The maximum atomic E-state index is 12.8. The number of carbonyl (C=O) groups is 2. The Bertz CT molecular complexity index is 1490. The number of furan rings is 1. The summed E-state index contributed by atoms with van der Waals surface area (Å²) in [5, 5.41) is 23.1. The summed E-state index contributed by atoms with van der Waals surface area (Å²) in [4.78, 5) is 37.2. The number of hydrogen-bond acceptors (Lipinski definition) is 6. The molecule has 4 aromatic rings. The molecule has 1 atom stereocenters. The van der Waals surface area contributed by atoms with Crippen LogP contribution in [-0.2, 0) is 27.8 Å². The van der Waals surface area contributed by atoms with Crippen molar-refractivity contribution in [3.63, 3.8) is 0 Å². The molecule has 182 valence electrons. The Morgan fingerprint density at radius 2 is 1.74 bits per heavy atom. The lowest BCUT2D eigenvalue weighted by Crippen LogP contribution is -2.43. The van der Waals surface area contributed by atoms with E-state index in [9.17, 15) is 24.6 Å². The van der Waals surface area contributed by atoms with Gasteiger partial charge >= 0.3 is 11.6 Å². The number of rotatable bonds is 6. The molecular weight excluding hydrogens is 450 g/mol. The Labute approximate surface area is 201 Å². The van der Waals surface area contributed by atoms with Crippen LogP contribution in [0, 0.1) is 6.92 Å². The number of aromatic hydroxyl groups is 1. The Morgan fingerprint density at radius 3 is 2.37 bits per heavy atom. The SMILES string of the molecule is Cc1c(CC(=O)NC(Cc2ccc(O)cc2)C(=O)O)c(=O)oc2cc3occ(C(C)(C)C)c3cc12. The van der Waals surface area contributed by atoms with Gasteiger partial charge < -0.3 is 24.4 Å². The maximum Gasteiger partial charge on any atom is 0.340 e. The van der Waals surface area contributed by atoms with Crippen molar-refractivity contribution >= 4 is 33.8 Å². The summed E-state index contributed by atoms with van der Waals surface area (Å²) >= 11 is 0. The van der Waals surface area contributed by atoms with Crippen molar-refractivity contribution in [3.05, 3.63) is 75.3 Å². The highest BCUT2D eigenvalue weighted by Gasteiger charge is 2.24. The van der Waals surface area contributed by atoms with Gasteiger partial charge in [-0.2, -0.15) is 0 Å². The van der Waals surface area contributed by atoms with Crippen molar-refractivity contribution in [3.8, 4) is 5.75 Å². The fourth-order valence-corrected chi connectivity index (χ4v) is 4.17. The first-order valence-electron chi connectivity index (χ1n) is 11.2. The Balaban J connectivity index is 1.63. The number of aliphatic carboxylic acids is 1. The van der Waals surface area contributed by atoms with Crippen LogP contribution in [0.2, 0.25) is 0 Å². The van der Waals surface area contributed by atoms with Crippen molar-refractivity contribution < 1.29 is 28.6 Å². The topological polar surface area (TPSA) is 130 Å². The molecule has 0 radical (unpaired) electrons. The molecule has 2 aromatic carbocycles. The average molecular weight is 478 g/mol. The van der Waals surface area contributed by atoms with Crippen LogP contribution in [0.3, 0.4) is 0 Å². The number of carboxylic acids is 1.